The highest BCUT2D eigenvalue weighted by Crippen LogP contribution is 2.15. The third-order valence-corrected chi connectivity index (χ3v) is 10.6. The van der Waals surface area contributed by atoms with E-state index in [0.717, 1.165) is 0 Å². The van der Waals surface area contributed by atoms with Crippen LogP contribution >= 0.6 is 0 Å². The second-order valence-corrected chi connectivity index (χ2v) is 11.6. The van der Waals surface area contributed by atoms with Gasteiger partial charge >= 0.3 is 0 Å². The number of hydrogen-bond donors (Lipinski definition) is 0. The molecule has 0 bridgehead atoms. The van der Waals surface area contributed by atoms with Crippen LogP contribution in [0.15, 0.2) is 0 Å². The quantitative estimate of drug-likeness (QED) is 0.364. The summed E-state index contributed by atoms with van der Waals surface area (Å²) >= 11 is 0. The van der Waals surface area contributed by atoms with Crippen molar-refractivity contribution in [1.82, 2.24) is 0 Å². The highest BCUT2D eigenvalue weighted by atomic mass is 28.4. The average molecular weight is 275 g/mol. The molecule has 0 aromatic carbocycles. The van der Waals surface area contributed by atoms with Gasteiger partial charge in [0.2, 0.25) is 0 Å². The van der Waals surface area contributed by atoms with Crippen molar-refractivity contribution in [2.75, 3.05) is 0 Å². The lowest BCUT2D eigenvalue weighted by molar-refractivity contribution is 0.558. The second kappa shape index (κ2) is 12.8. The van der Waals surface area contributed by atoms with Gasteiger partial charge in [-0.3, -0.25) is 0 Å². The van der Waals surface area contributed by atoms with E-state index in [1.807, 2.05) is 0 Å². The van der Waals surface area contributed by atoms with Crippen LogP contribution in [0, 0.1) is 0 Å². The van der Waals surface area contributed by atoms with Gasteiger partial charge in [-0.1, -0.05) is 66.2 Å². The Kier molecular flexibility index (Phi) is 13.1. The van der Waals surface area contributed by atoms with Crippen LogP contribution in [-0.4, -0.2) is 18.1 Å². The van der Waals surface area contributed by atoms with Crippen LogP contribution in [0.3, 0.4) is 0 Å². The number of rotatable bonds is 12. The Hall–Kier alpha value is 0.394. The maximum Gasteiger partial charge on any atom is 0.162 e. The smallest absolute Gasteiger partial charge is 0.162 e. The number of unbranched alkanes of at least 4 members (excludes halogenated alkanes) is 4. The van der Waals surface area contributed by atoms with Crippen molar-refractivity contribution in [3.63, 3.8) is 0 Å². The Bertz CT molecular complexity index is 137. The molecule has 0 aliphatic carbocycles. The molecule has 0 aliphatic rings. The summed E-state index contributed by atoms with van der Waals surface area (Å²) in [6, 6.07) is 5.56. The van der Waals surface area contributed by atoms with Gasteiger partial charge < -0.3 is 4.12 Å². The first-order chi connectivity index (χ1) is 8.28. The van der Waals surface area contributed by atoms with Crippen LogP contribution in [0.2, 0.25) is 24.2 Å². The molecule has 0 saturated heterocycles. The van der Waals surface area contributed by atoms with E-state index in [0.29, 0.717) is 0 Å². The van der Waals surface area contributed by atoms with Crippen LogP contribution in [-0.2, 0) is 4.12 Å². The largest absolute Gasteiger partial charge is 0.460 e. The Balaban J connectivity index is 3.77. The fraction of sp³-hybridized carbons (Fsp3) is 1.00. The van der Waals surface area contributed by atoms with Crippen LogP contribution in [0.25, 0.3) is 0 Å². The van der Waals surface area contributed by atoms with Crippen molar-refractivity contribution in [3.05, 3.63) is 0 Å². The van der Waals surface area contributed by atoms with Gasteiger partial charge in [-0.05, 0) is 24.2 Å². The molecule has 0 aromatic heterocycles. The Morgan fingerprint density at radius 1 is 0.647 bits per heavy atom. The molecular weight excluding hydrogens is 240 g/mol. The minimum atomic E-state index is -0.810. The van der Waals surface area contributed by atoms with Crippen molar-refractivity contribution in [1.29, 1.82) is 0 Å². The molecule has 0 fully saturated rings. The lowest BCUT2D eigenvalue weighted by atomic mass is 10.3. The molecule has 0 rings (SSSR count). The fourth-order valence-electron chi connectivity index (χ4n) is 2.25. The van der Waals surface area contributed by atoms with E-state index in [1.165, 1.54) is 62.7 Å². The molecule has 0 aromatic rings. The zero-order chi connectivity index (χ0) is 12.9. The van der Waals surface area contributed by atoms with Crippen LogP contribution in [0.1, 0.15) is 66.2 Å². The van der Waals surface area contributed by atoms with Crippen molar-refractivity contribution in [2.24, 2.45) is 0 Å². The van der Waals surface area contributed by atoms with Gasteiger partial charge in [-0.25, -0.2) is 0 Å². The first-order valence-corrected chi connectivity index (χ1v) is 12.1. The zero-order valence-electron chi connectivity index (χ0n) is 12.6. The van der Waals surface area contributed by atoms with E-state index in [4.69, 9.17) is 4.12 Å². The summed E-state index contributed by atoms with van der Waals surface area (Å²) in [6.07, 6.45) is 8.33. The SMILES string of the molecule is CCCCC[SiH](CC)O[SiH](CC)CCCCC. The topological polar surface area (TPSA) is 9.23 Å². The van der Waals surface area contributed by atoms with Gasteiger partial charge in [0.25, 0.3) is 0 Å². The molecule has 0 aliphatic heterocycles. The van der Waals surface area contributed by atoms with Crippen molar-refractivity contribution in [2.45, 2.75) is 90.4 Å². The minimum Gasteiger partial charge on any atom is -0.460 e. The first kappa shape index (κ1) is 17.4. The summed E-state index contributed by atoms with van der Waals surface area (Å²) in [7, 11) is -1.62. The standard InChI is InChI=1S/C14H34OSi2/c1-5-9-11-13-16(7-3)15-17(8-4)14-12-10-6-2/h16-17H,5-14H2,1-4H3. The normalized spacial score (nSPS) is 14.8. The monoisotopic (exact) mass is 274 g/mol. The summed E-state index contributed by atoms with van der Waals surface area (Å²) in [6.45, 7) is 9.27. The Morgan fingerprint density at radius 2 is 1.06 bits per heavy atom. The third-order valence-electron chi connectivity index (χ3n) is 3.55. The van der Waals surface area contributed by atoms with Crippen molar-refractivity contribution in [3.8, 4) is 0 Å². The van der Waals surface area contributed by atoms with Crippen LogP contribution in [0.5, 0.6) is 0 Å². The molecule has 2 atom stereocenters. The molecule has 0 radical (unpaired) electrons. The maximum absolute atomic E-state index is 6.52. The molecule has 0 N–H and O–H groups in total. The molecule has 0 saturated carbocycles. The summed E-state index contributed by atoms with van der Waals surface area (Å²) < 4.78 is 6.52. The second-order valence-electron chi connectivity index (χ2n) is 5.19. The van der Waals surface area contributed by atoms with Gasteiger partial charge in [0.05, 0.1) is 0 Å². The third kappa shape index (κ3) is 10.0. The predicted octanol–water partition coefficient (Wildman–Crippen LogP) is 4.87. The van der Waals surface area contributed by atoms with E-state index in [9.17, 15) is 0 Å². The maximum atomic E-state index is 6.52. The Labute approximate surface area is 113 Å². The van der Waals surface area contributed by atoms with Gasteiger partial charge in [0.15, 0.2) is 18.1 Å². The van der Waals surface area contributed by atoms with E-state index in [2.05, 4.69) is 27.7 Å². The molecule has 104 valence electrons. The van der Waals surface area contributed by atoms with Crippen molar-refractivity contribution < 1.29 is 4.12 Å². The molecule has 0 spiro atoms. The van der Waals surface area contributed by atoms with E-state index in [-0.39, 0.29) is 0 Å². The molecular formula is C14H34OSi2. The molecule has 2 unspecified atom stereocenters. The summed E-state index contributed by atoms with van der Waals surface area (Å²) in [4.78, 5) is 0. The van der Waals surface area contributed by atoms with Crippen LogP contribution in [0.4, 0.5) is 0 Å². The average Bonchev–Trinajstić information content (AvgIpc) is 2.36. The summed E-state index contributed by atoms with van der Waals surface area (Å²) in [5.74, 6) is 0. The molecule has 0 heterocycles. The first-order valence-electron chi connectivity index (χ1n) is 7.93. The highest BCUT2D eigenvalue weighted by Gasteiger charge is 2.16. The van der Waals surface area contributed by atoms with E-state index >= 15 is 0 Å². The molecule has 17 heavy (non-hydrogen) atoms. The summed E-state index contributed by atoms with van der Waals surface area (Å²) in [5.41, 5.74) is 0. The van der Waals surface area contributed by atoms with E-state index < -0.39 is 18.1 Å². The predicted molar refractivity (Wildman–Crippen MR) is 85.0 cm³/mol. The minimum absolute atomic E-state index is 0.810. The number of hydrogen-bond acceptors (Lipinski definition) is 1. The molecule has 1 nitrogen and oxygen atoms in total. The lowest BCUT2D eigenvalue weighted by Gasteiger charge is -2.22. The van der Waals surface area contributed by atoms with Gasteiger partial charge in [-0.2, -0.15) is 0 Å². The van der Waals surface area contributed by atoms with Crippen LogP contribution < -0.4 is 0 Å². The van der Waals surface area contributed by atoms with Gasteiger partial charge in [0, 0.05) is 0 Å². The van der Waals surface area contributed by atoms with Crippen molar-refractivity contribution >= 4 is 18.1 Å². The Morgan fingerprint density at radius 3 is 1.35 bits per heavy atom. The zero-order valence-corrected chi connectivity index (χ0v) is 14.9. The molecule has 3 heteroatoms. The highest BCUT2D eigenvalue weighted by molar-refractivity contribution is 6.66. The van der Waals surface area contributed by atoms with E-state index in [1.54, 1.807) is 0 Å². The fourth-order valence-corrected chi connectivity index (χ4v) is 9.36. The molecule has 0 amide bonds. The van der Waals surface area contributed by atoms with Gasteiger partial charge in [-0.15, -0.1) is 0 Å². The summed E-state index contributed by atoms with van der Waals surface area (Å²) in [5, 5.41) is 0. The lowest BCUT2D eigenvalue weighted by Crippen LogP contribution is -2.28. The van der Waals surface area contributed by atoms with Gasteiger partial charge in [0.1, 0.15) is 0 Å².